The normalized spacial score (nSPS) is 16.5. The van der Waals surface area contributed by atoms with E-state index in [0.717, 1.165) is 5.56 Å². The summed E-state index contributed by atoms with van der Waals surface area (Å²) in [6.45, 7) is 1.62. The van der Waals surface area contributed by atoms with Crippen molar-refractivity contribution in [3.05, 3.63) is 53.3 Å². The fourth-order valence-corrected chi connectivity index (χ4v) is 3.72. The number of amides is 1. The van der Waals surface area contributed by atoms with E-state index in [1.165, 1.54) is 12.1 Å². The van der Waals surface area contributed by atoms with Crippen LogP contribution in [0.25, 0.3) is 0 Å². The van der Waals surface area contributed by atoms with Gasteiger partial charge in [0.2, 0.25) is 10.8 Å². The summed E-state index contributed by atoms with van der Waals surface area (Å²) in [5, 5.41) is 2.78. The average Bonchev–Trinajstić information content (AvgIpc) is 2.70. The molecule has 126 valence electrons. The highest BCUT2D eigenvalue weighted by molar-refractivity contribution is 7.99. The van der Waals surface area contributed by atoms with Gasteiger partial charge >= 0.3 is 10.4 Å². The molecule has 0 aromatic heterocycles. The van der Waals surface area contributed by atoms with Gasteiger partial charge in [0.05, 0.1) is 5.69 Å². The van der Waals surface area contributed by atoms with Gasteiger partial charge in [0.15, 0.2) is 0 Å². The van der Waals surface area contributed by atoms with Crippen molar-refractivity contribution in [2.24, 2.45) is 0 Å². The Kier molecular flexibility index (Phi) is 4.38. The number of hydrogen-bond donors (Lipinski definition) is 3. The first-order valence-corrected chi connectivity index (χ1v) is 9.10. The third-order valence-electron chi connectivity index (χ3n) is 3.95. The van der Waals surface area contributed by atoms with E-state index >= 15 is 0 Å². The molecule has 0 aliphatic carbocycles. The van der Waals surface area contributed by atoms with Crippen molar-refractivity contribution in [1.82, 2.24) is 0 Å². The molecule has 1 heterocycles. The van der Waals surface area contributed by atoms with E-state index in [-0.39, 0.29) is 16.5 Å². The lowest BCUT2D eigenvalue weighted by Crippen LogP contribution is -2.21. The molecule has 1 unspecified atom stereocenters. The van der Waals surface area contributed by atoms with E-state index in [9.17, 15) is 17.9 Å². The maximum Gasteiger partial charge on any atom is 0.346 e. The number of aryl methyl sites for hydroxylation is 2. The standard InChI is InChI=1S/C17H17FN2O3S/c1-11-5-6-13(10-15(11)18)20-24(22,23)14-7-8-16-12(9-14)3-2-4-17(21)19-16/h5-10H,2-4H2,1H3,(H2-,19,20,21,22,23)/p+1. The van der Waals surface area contributed by atoms with E-state index in [1.807, 2.05) is 0 Å². The predicted octanol–water partition coefficient (Wildman–Crippen LogP) is 3.77. The van der Waals surface area contributed by atoms with Crippen molar-refractivity contribution in [2.75, 3.05) is 10.0 Å². The zero-order valence-electron chi connectivity index (χ0n) is 13.1. The summed E-state index contributed by atoms with van der Waals surface area (Å²) in [4.78, 5) is 11.8. The minimum Gasteiger partial charge on any atom is -0.326 e. The molecule has 1 amide bonds. The number of carbonyl (C=O) groups excluding carboxylic acids is 1. The zero-order chi connectivity index (χ0) is 17.3. The van der Waals surface area contributed by atoms with Crippen LogP contribution in [0.5, 0.6) is 0 Å². The Labute approximate surface area is 140 Å². The van der Waals surface area contributed by atoms with Crippen LogP contribution in [0.1, 0.15) is 24.0 Å². The van der Waals surface area contributed by atoms with Crippen LogP contribution < -0.4 is 10.0 Å². The van der Waals surface area contributed by atoms with Crippen LogP contribution >= 0.6 is 0 Å². The Morgan fingerprint density at radius 3 is 2.75 bits per heavy atom. The topological polar surface area (TPSA) is 78.4 Å². The summed E-state index contributed by atoms with van der Waals surface area (Å²) in [6.07, 6.45) is 1.77. The molecule has 2 aromatic rings. The Morgan fingerprint density at radius 1 is 1.21 bits per heavy atom. The third-order valence-corrected chi connectivity index (χ3v) is 5.35. The third kappa shape index (κ3) is 3.47. The average molecular weight is 349 g/mol. The molecule has 3 N–H and O–H groups in total. The fourth-order valence-electron chi connectivity index (χ4n) is 2.60. The number of benzene rings is 2. The van der Waals surface area contributed by atoms with Crippen molar-refractivity contribution in [2.45, 2.75) is 31.1 Å². The van der Waals surface area contributed by atoms with E-state index < -0.39 is 16.2 Å². The van der Waals surface area contributed by atoms with Gasteiger partial charge in [-0.1, -0.05) is 6.07 Å². The largest absolute Gasteiger partial charge is 0.346 e. The quantitative estimate of drug-likeness (QED) is 0.738. The van der Waals surface area contributed by atoms with Crippen LogP contribution in [-0.4, -0.2) is 10.5 Å². The Balaban J connectivity index is 1.89. The maximum atomic E-state index is 13.6. The van der Waals surface area contributed by atoms with Gasteiger partial charge in [-0.25, -0.2) is 4.39 Å². The van der Waals surface area contributed by atoms with Gasteiger partial charge in [-0.05, 0) is 47.2 Å². The molecule has 2 aromatic carbocycles. The van der Waals surface area contributed by atoms with Crippen LogP contribution in [0.15, 0.2) is 41.3 Å². The summed E-state index contributed by atoms with van der Waals surface area (Å²) in [7, 11) is -3.58. The van der Waals surface area contributed by atoms with Gasteiger partial charge in [0, 0.05) is 30.3 Å². The van der Waals surface area contributed by atoms with E-state index in [0.29, 0.717) is 30.5 Å². The second-order valence-corrected chi connectivity index (χ2v) is 7.54. The smallest absolute Gasteiger partial charge is 0.326 e. The molecule has 1 aliphatic heterocycles. The fraction of sp³-hybridized carbons (Fsp3) is 0.235. The summed E-state index contributed by atoms with van der Waals surface area (Å²) in [5.41, 5.74) is 2.18. The number of halogens is 1. The van der Waals surface area contributed by atoms with Crippen molar-refractivity contribution in [3.8, 4) is 0 Å². The van der Waals surface area contributed by atoms with E-state index in [2.05, 4.69) is 10.0 Å². The number of rotatable bonds is 3. The molecular formula is C17H18FN2O3S+. The highest BCUT2D eigenvalue weighted by atomic mass is 32.3. The lowest BCUT2D eigenvalue weighted by atomic mass is 10.1. The summed E-state index contributed by atoms with van der Waals surface area (Å²) >= 11 is 0. The number of hydrogen-bond acceptors (Lipinski definition) is 2. The molecule has 5 nitrogen and oxygen atoms in total. The number of carbonyl (C=O) groups is 1. The molecule has 7 heteroatoms. The molecule has 3 rings (SSSR count). The molecule has 1 atom stereocenters. The lowest BCUT2D eigenvalue weighted by molar-refractivity contribution is -0.116. The van der Waals surface area contributed by atoms with Crippen LogP contribution in [-0.2, 0) is 25.8 Å². The summed E-state index contributed by atoms with van der Waals surface area (Å²) < 4.78 is 39.1. The van der Waals surface area contributed by atoms with Gasteiger partial charge in [0.25, 0.3) is 0 Å². The SMILES string of the molecule is Cc1ccc(N[S+](=O)(O)c2ccc3c(c2)CCCC(=O)N3)cc1F. The van der Waals surface area contributed by atoms with Crippen molar-refractivity contribution in [3.63, 3.8) is 0 Å². The zero-order valence-corrected chi connectivity index (χ0v) is 14.0. The van der Waals surface area contributed by atoms with E-state index in [4.69, 9.17) is 0 Å². The number of fused-ring (bicyclic) bond motifs is 1. The first-order chi connectivity index (χ1) is 11.3. The van der Waals surface area contributed by atoms with Crippen molar-refractivity contribution < 1.29 is 17.9 Å². The van der Waals surface area contributed by atoms with Gasteiger partial charge in [-0.15, -0.1) is 0 Å². The first-order valence-electron chi connectivity index (χ1n) is 7.58. The highest BCUT2D eigenvalue weighted by Gasteiger charge is 2.31. The Morgan fingerprint density at radius 2 is 2.00 bits per heavy atom. The van der Waals surface area contributed by atoms with Crippen LogP contribution in [0.3, 0.4) is 0 Å². The Bertz CT molecular complexity index is 854. The molecule has 0 bridgehead atoms. The van der Waals surface area contributed by atoms with Crippen molar-refractivity contribution >= 4 is 27.7 Å². The van der Waals surface area contributed by atoms with Crippen LogP contribution in [0.2, 0.25) is 0 Å². The number of anilines is 2. The molecule has 24 heavy (non-hydrogen) atoms. The van der Waals surface area contributed by atoms with Gasteiger partial charge < -0.3 is 5.32 Å². The van der Waals surface area contributed by atoms with Gasteiger partial charge in [0.1, 0.15) is 5.82 Å². The summed E-state index contributed by atoms with van der Waals surface area (Å²) in [5.74, 6) is -0.501. The maximum absolute atomic E-state index is 13.6. The van der Waals surface area contributed by atoms with E-state index in [1.54, 1.807) is 31.2 Å². The second-order valence-electron chi connectivity index (χ2n) is 5.81. The molecule has 0 radical (unpaired) electrons. The van der Waals surface area contributed by atoms with Crippen molar-refractivity contribution in [1.29, 1.82) is 0 Å². The van der Waals surface area contributed by atoms with Crippen LogP contribution in [0, 0.1) is 12.7 Å². The molecule has 1 aliphatic rings. The summed E-state index contributed by atoms with van der Waals surface area (Å²) in [6, 6.07) is 9.01. The second kappa shape index (κ2) is 6.33. The monoisotopic (exact) mass is 349 g/mol. The molecule has 0 saturated heterocycles. The molecule has 0 fully saturated rings. The number of nitrogens with one attached hydrogen (secondary N) is 2. The minimum absolute atomic E-state index is 0.0560. The highest BCUT2D eigenvalue weighted by Crippen LogP contribution is 2.28. The van der Waals surface area contributed by atoms with Gasteiger partial charge in [-0.2, -0.15) is 9.27 Å². The lowest BCUT2D eigenvalue weighted by Gasteiger charge is -2.11. The molecule has 0 spiro atoms. The van der Waals surface area contributed by atoms with Crippen LogP contribution in [0.4, 0.5) is 15.8 Å². The van der Waals surface area contributed by atoms with Gasteiger partial charge in [-0.3, -0.25) is 4.79 Å². The Hall–Kier alpha value is -2.25. The first kappa shape index (κ1) is 16.6. The predicted molar refractivity (Wildman–Crippen MR) is 91.7 cm³/mol. The minimum atomic E-state index is -3.58. The molecule has 0 saturated carbocycles. The molecular weight excluding hydrogens is 331 g/mol.